The second-order valence-corrected chi connectivity index (χ2v) is 8.80. The highest BCUT2D eigenvalue weighted by molar-refractivity contribution is 5.90. The summed E-state index contributed by atoms with van der Waals surface area (Å²) in [5.41, 5.74) is 12.0. The van der Waals surface area contributed by atoms with Crippen molar-refractivity contribution in [1.82, 2.24) is 20.9 Å². The van der Waals surface area contributed by atoms with Gasteiger partial charge < -0.3 is 46.9 Å². The van der Waals surface area contributed by atoms with E-state index < -0.39 is 47.9 Å². The number of aliphatic hydroxyl groups is 1. The summed E-state index contributed by atoms with van der Waals surface area (Å²) < 4.78 is 5.13. The Kier molecular flexibility index (Phi) is 11.1. The number of carboxylic acids is 1. The summed E-state index contributed by atoms with van der Waals surface area (Å²) in [5, 5.41) is 34.1. The largest absolute Gasteiger partial charge is 0.480 e. The molecule has 14 heteroatoms. The number of hydrogen-bond acceptors (Lipinski definition) is 8. The molecule has 1 aliphatic rings. The van der Waals surface area contributed by atoms with Crippen LogP contribution in [0.15, 0.2) is 34.5 Å². The molecule has 0 aliphatic carbocycles. The van der Waals surface area contributed by atoms with Gasteiger partial charge in [-0.1, -0.05) is 11.6 Å². The molecule has 0 saturated heterocycles. The zero-order chi connectivity index (χ0) is 27.5. The van der Waals surface area contributed by atoms with Crippen molar-refractivity contribution in [1.29, 1.82) is 5.41 Å². The fourth-order valence-electron chi connectivity index (χ4n) is 3.58. The summed E-state index contributed by atoms with van der Waals surface area (Å²) in [4.78, 5) is 50.4. The number of carbonyl (C=O) groups is 4. The Balaban J connectivity index is 1.87. The number of nitrogens with one attached hydrogen (secondary N) is 4. The predicted molar refractivity (Wildman–Crippen MR) is 132 cm³/mol. The molecule has 2 heterocycles. The third-order valence-corrected chi connectivity index (χ3v) is 5.76. The maximum Gasteiger partial charge on any atom is 0.326 e. The summed E-state index contributed by atoms with van der Waals surface area (Å²) in [6, 6.07) is -0.155. The van der Waals surface area contributed by atoms with E-state index in [-0.39, 0.29) is 38.2 Å². The Labute approximate surface area is 213 Å². The van der Waals surface area contributed by atoms with E-state index in [2.05, 4.69) is 16.0 Å². The van der Waals surface area contributed by atoms with Crippen molar-refractivity contribution >= 4 is 29.7 Å². The first-order valence-corrected chi connectivity index (χ1v) is 11.8. The summed E-state index contributed by atoms with van der Waals surface area (Å²) in [6.07, 6.45) is 2.43. The minimum Gasteiger partial charge on any atom is -0.480 e. The third kappa shape index (κ3) is 9.57. The Bertz CT molecular complexity index is 994. The molecule has 204 valence electrons. The Morgan fingerprint density at radius 1 is 1.19 bits per heavy atom. The lowest BCUT2D eigenvalue weighted by Gasteiger charge is -2.23. The molecule has 1 aromatic rings. The summed E-state index contributed by atoms with van der Waals surface area (Å²) >= 11 is 0. The van der Waals surface area contributed by atoms with E-state index in [4.69, 9.17) is 21.3 Å². The number of rotatable bonds is 14. The van der Waals surface area contributed by atoms with Crippen LogP contribution in [0.4, 0.5) is 0 Å². The average molecular weight is 522 g/mol. The van der Waals surface area contributed by atoms with Crippen molar-refractivity contribution in [2.45, 2.75) is 56.8 Å². The highest BCUT2D eigenvalue weighted by Gasteiger charge is 2.28. The number of guanidine groups is 1. The van der Waals surface area contributed by atoms with Gasteiger partial charge in [0.2, 0.25) is 17.7 Å². The van der Waals surface area contributed by atoms with Gasteiger partial charge in [-0.2, -0.15) is 0 Å². The normalized spacial score (nSPS) is 16.2. The highest BCUT2D eigenvalue weighted by atomic mass is 16.4. The highest BCUT2D eigenvalue weighted by Crippen LogP contribution is 2.15. The second kappa shape index (κ2) is 14.0. The number of carboxylic acid groups (broad SMARTS) is 1. The molecule has 0 radical (unpaired) electrons. The smallest absolute Gasteiger partial charge is 0.326 e. The number of carbonyl (C=O) groups excluding carboxylic acids is 3. The fourth-order valence-corrected chi connectivity index (χ4v) is 3.58. The number of amides is 3. The van der Waals surface area contributed by atoms with Gasteiger partial charge in [-0.05, 0) is 31.9 Å². The van der Waals surface area contributed by atoms with Gasteiger partial charge >= 0.3 is 5.97 Å². The minimum atomic E-state index is -1.23. The standard InChI is InChI=1S/C23H35N7O7/c1-13(31)19(24)21(34)29-16(10-14-6-8-30(12-14)23(25)26)20(33)27-7-2-5-18(32)28-17(22(35)36)11-15-4-3-9-37-15/h3-4,6,9,13,16-17,19,31H,2,5,7-8,10-12,24H2,1H3,(H3,25,26)(H,27,33)(H,28,32)(H,29,34)(H,35,36). The van der Waals surface area contributed by atoms with Gasteiger partial charge in [0.05, 0.1) is 12.4 Å². The van der Waals surface area contributed by atoms with Gasteiger partial charge in [-0.15, -0.1) is 0 Å². The Hall–Kier alpha value is -3.91. The molecular weight excluding hydrogens is 486 g/mol. The zero-order valence-electron chi connectivity index (χ0n) is 20.6. The second-order valence-electron chi connectivity index (χ2n) is 8.80. The summed E-state index contributed by atoms with van der Waals surface area (Å²) in [5.74, 6) is -2.60. The van der Waals surface area contributed by atoms with Crippen molar-refractivity contribution in [2.24, 2.45) is 11.5 Å². The van der Waals surface area contributed by atoms with Gasteiger partial charge in [0, 0.05) is 32.5 Å². The van der Waals surface area contributed by atoms with E-state index in [1.807, 2.05) is 6.08 Å². The first kappa shape index (κ1) is 29.3. The molecule has 10 N–H and O–H groups in total. The predicted octanol–water partition coefficient (Wildman–Crippen LogP) is -1.99. The van der Waals surface area contributed by atoms with E-state index in [1.54, 1.807) is 17.0 Å². The summed E-state index contributed by atoms with van der Waals surface area (Å²) in [6.45, 7) is 2.20. The van der Waals surface area contributed by atoms with Crippen LogP contribution in [0.25, 0.3) is 0 Å². The third-order valence-electron chi connectivity index (χ3n) is 5.76. The monoisotopic (exact) mass is 521 g/mol. The van der Waals surface area contributed by atoms with Crippen LogP contribution in [0, 0.1) is 5.41 Å². The van der Waals surface area contributed by atoms with E-state index in [0.717, 1.165) is 5.57 Å². The maximum absolute atomic E-state index is 12.8. The lowest BCUT2D eigenvalue weighted by atomic mass is 10.0. The van der Waals surface area contributed by atoms with Gasteiger partial charge in [-0.25, -0.2) is 4.79 Å². The molecular formula is C23H35N7O7. The van der Waals surface area contributed by atoms with Crippen LogP contribution < -0.4 is 27.4 Å². The van der Waals surface area contributed by atoms with E-state index >= 15 is 0 Å². The minimum absolute atomic E-state index is 0.00229. The van der Waals surface area contributed by atoms with Gasteiger partial charge in [0.25, 0.3) is 0 Å². The number of nitrogens with two attached hydrogens (primary N) is 2. The Morgan fingerprint density at radius 3 is 2.49 bits per heavy atom. The Morgan fingerprint density at radius 2 is 1.92 bits per heavy atom. The average Bonchev–Trinajstić information content (AvgIpc) is 3.52. The van der Waals surface area contributed by atoms with Crippen LogP contribution in [0.5, 0.6) is 0 Å². The van der Waals surface area contributed by atoms with Gasteiger partial charge in [-0.3, -0.25) is 19.8 Å². The molecule has 14 nitrogen and oxygen atoms in total. The number of hydrogen-bond donors (Lipinski definition) is 8. The number of aliphatic hydroxyl groups excluding tert-OH is 1. The molecule has 37 heavy (non-hydrogen) atoms. The molecule has 1 aromatic heterocycles. The molecule has 0 saturated carbocycles. The van der Waals surface area contributed by atoms with Crippen LogP contribution in [-0.2, 0) is 25.6 Å². The molecule has 0 bridgehead atoms. The SMILES string of the molecule is CC(O)C(N)C(=O)NC(CC1=CCN(C(=N)N)C1)C(=O)NCCCC(=O)NC(Cc1ccco1)C(=O)O. The molecule has 3 amide bonds. The molecule has 2 rings (SSSR count). The molecule has 0 spiro atoms. The quantitative estimate of drug-likeness (QED) is 0.0580. The van der Waals surface area contributed by atoms with Crippen molar-refractivity contribution in [3.05, 3.63) is 35.8 Å². The maximum atomic E-state index is 12.8. The fraction of sp³-hybridized carbons (Fsp3) is 0.522. The zero-order valence-corrected chi connectivity index (χ0v) is 20.6. The van der Waals surface area contributed by atoms with Crippen molar-refractivity contribution in [3.63, 3.8) is 0 Å². The van der Waals surface area contributed by atoms with E-state index in [1.165, 1.54) is 13.2 Å². The van der Waals surface area contributed by atoms with Crippen LogP contribution in [0.3, 0.4) is 0 Å². The van der Waals surface area contributed by atoms with Crippen molar-refractivity contribution in [2.75, 3.05) is 19.6 Å². The number of aliphatic carboxylic acids is 1. The van der Waals surface area contributed by atoms with Gasteiger partial charge in [0.1, 0.15) is 23.9 Å². The molecule has 1 aliphatic heterocycles. The van der Waals surface area contributed by atoms with Crippen molar-refractivity contribution in [3.8, 4) is 0 Å². The lowest BCUT2D eigenvalue weighted by Crippen LogP contribution is -2.54. The summed E-state index contributed by atoms with van der Waals surface area (Å²) in [7, 11) is 0. The molecule has 4 unspecified atom stereocenters. The first-order chi connectivity index (χ1) is 17.5. The topological polar surface area (TPSA) is 237 Å². The van der Waals surface area contributed by atoms with E-state index in [0.29, 0.717) is 18.8 Å². The molecule has 4 atom stereocenters. The van der Waals surface area contributed by atoms with Crippen LogP contribution in [0.1, 0.15) is 31.9 Å². The van der Waals surface area contributed by atoms with Crippen LogP contribution >= 0.6 is 0 Å². The molecule has 0 fully saturated rings. The molecule has 0 aromatic carbocycles. The van der Waals surface area contributed by atoms with Crippen molar-refractivity contribution < 1.29 is 33.8 Å². The van der Waals surface area contributed by atoms with Crippen LogP contribution in [0.2, 0.25) is 0 Å². The first-order valence-electron chi connectivity index (χ1n) is 11.8. The van der Waals surface area contributed by atoms with E-state index in [9.17, 15) is 29.4 Å². The van der Waals surface area contributed by atoms with Crippen LogP contribution in [-0.4, -0.2) is 88.6 Å². The lowest BCUT2D eigenvalue weighted by molar-refractivity contribution is -0.141. The number of furan rings is 1. The number of nitrogens with zero attached hydrogens (tertiary/aromatic N) is 1. The van der Waals surface area contributed by atoms with Gasteiger partial charge in [0.15, 0.2) is 5.96 Å².